The van der Waals surface area contributed by atoms with Crippen LogP contribution in [-0.4, -0.2) is 0 Å². The lowest BCUT2D eigenvalue weighted by Gasteiger charge is -2.27. The van der Waals surface area contributed by atoms with Crippen molar-refractivity contribution in [2.45, 2.75) is 0 Å². The molecule has 0 saturated carbocycles. The summed E-state index contributed by atoms with van der Waals surface area (Å²) in [4.78, 5) is 2.44. The number of anilines is 3. The normalized spacial score (nSPS) is 11.7. The van der Waals surface area contributed by atoms with Crippen LogP contribution in [0, 0.1) is 0 Å². The first-order chi connectivity index (χ1) is 21.3. The van der Waals surface area contributed by atoms with Gasteiger partial charge in [-0.3, -0.25) is 0 Å². The van der Waals surface area contributed by atoms with Gasteiger partial charge in [-0.1, -0.05) is 91.0 Å². The van der Waals surface area contributed by atoms with E-state index in [4.69, 9.17) is 0 Å². The Morgan fingerprint density at radius 1 is 0.372 bits per heavy atom. The fourth-order valence-corrected chi connectivity index (χ4v) is 8.66. The van der Waals surface area contributed by atoms with Crippen LogP contribution in [0.5, 0.6) is 0 Å². The number of hydrogen-bond acceptors (Lipinski definition) is 3. The molecule has 2 heterocycles. The quantitative estimate of drug-likeness (QED) is 0.199. The Bertz CT molecular complexity index is 2450. The minimum atomic E-state index is 1.14. The standard InChI is InChI=1S/C40H25NS2/c1-2-9-26(10-3-1)27-17-20-30(21-18-27)41(35-13-8-16-38-40(35)33-12-5-7-15-37(33)42-38)31-22-19-28-25-39-34(24-29(28)23-31)32-11-4-6-14-36(32)43-39/h1-25H. The average Bonchev–Trinajstić information content (AvgIpc) is 3.63. The second-order valence-electron chi connectivity index (χ2n) is 11.0. The highest BCUT2D eigenvalue weighted by molar-refractivity contribution is 7.26. The predicted octanol–water partition coefficient (Wildman–Crippen LogP) is 12.7. The van der Waals surface area contributed by atoms with Crippen LogP contribution in [0.1, 0.15) is 0 Å². The molecule has 3 heteroatoms. The molecular formula is C40H25NS2. The summed E-state index contributed by atoms with van der Waals surface area (Å²) in [6.07, 6.45) is 0. The lowest BCUT2D eigenvalue weighted by Crippen LogP contribution is -2.10. The van der Waals surface area contributed by atoms with Crippen LogP contribution in [0.4, 0.5) is 17.1 Å². The van der Waals surface area contributed by atoms with Gasteiger partial charge >= 0.3 is 0 Å². The van der Waals surface area contributed by atoms with E-state index in [-0.39, 0.29) is 0 Å². The Labute approximate surface area is 257 Å². The second-order valence-corrected chi connectivity index (χ2v) is 13.1. The minimum absolute atomic E-state index is 1.14. The van der Waals surface area contributed by atoms with Gasteiger partial charge in [0.15, 0.2) is 0 Å². The maximum Gasteiger partial charge on any atom is 0.0554 e. The molecule has 0 aliphatic carbocycles. The maximum atomic E-state index is 2.44. The molecule has 7 aromatic carbocycles. The van der Waals surface area contributed by atoms with Crippen molar-refractivity contribution in [2.75, 3.05) is 4.90 Å². The molecule has 202 valence electrons. The zero-order chi connectivity index (χ0) is 28.3. The predicted molar refractivity (Wildman–Crippen MR) is 190 cm³/mol. The third kappa shape index (κ3) is 4.04. The monoisotopic (exact) mass is 583 g/mol. The van der Waals surface area contributed by atoms with Crippen LogP contribution in [0.15, 0.2) is 152 Å². The molecule has 0 aliphatic rings. The van der Waals surface area contributed by atoms with Gasteiger partial charge in [0, 0.05) is 51.7 Å². The summed E-state index contributed by atoms with van der Waals surface area (Å²) in [6.45, 7) is 0. The number of thiophene rings is 2. The van der Waals surface area contributed by atoms with E-state index in [1.807, 2.05) is 22.7 Å². The number of nitrogens with zero attached hydrogens (tertiary/aromatic N) is 1. The maximum absolute atomic E-state index is 2.44. The number of rotatable bonds is 4. The summed E-state index contributed by atoms with van der Waals surface area (Å²) in [6, 6.07) is 55.5. The summed E-state index contributed by atoms with van der Waals surface area (Å²) in [5.74, 6) is 0. The molecule has 43 heavy (non-hydrogen) atoms. The number of hydrogen-bond donors (Lipinski definition) is 0. The van der Waals surface area contributed by atoms with Crippen molar-refractivity contribution in [3.8, 4) is 11.1 Å². The third-order valence-electron chi connectivity index (χ3n) is 8.43. The smallest absolute Gasteiger partial charge is 0.0554 e. The van der Waals surface area contributed by atoms with Crippen LogP contribution >= 0.6 is 22.7 Å². The van der Waals surface area contributed by atoms with Crippen LogP contribution < -0.4 is 4.90 Å². The molecule has 0 N–H and O–H groups in total. The van der Waals surface area contributed by atoms with Gasteiger partial charge in [0.25, 0.3) is 0 Å². The number of benzene rings is 7. The Kier molecular flexibility index (Phi) is 5.62. The molecule has 1 nitrogen and oxygen atoms in total. The van der Waals surface area contributed by atoms with Gasteiger partial charge in [-0.05, 0) is 82.6 Å². The van der Waals surface area contributed by atoms with E-state index in [1.165, 1.54) is 67.9 Å². The number of fused-ring (bicyclic) bond motifs is 7. The summed E-state index contributed by atoms with van der Waals surface area (Å²) >= 11 is 3.74. The fraction of sp³-hybridized carbons (Fsp3) is 0. The van der Waals surface area contributed by atoms with Gasteiger partial charge in [-0.25, -0.2) is 0 Å². The van der Waals surface area contributed by atoms with E-state index in [9.17, 15) is 0 Å². The summed E-state index contributed by atoms with van der Waals surface area (Å²) in [5.41, 5.74) is 5.94. The molecule has 9 aromatic rings. The molecule has 0 fully saturated rings. The van der Waals surface area contributed by atoms with Crippen molar-refractivity contribution in [2.24, 2.45) is 0 Å². The fourth-order valence-electron chi connectivity index (χ4n) is 6.40. The van der Waals surface area contributed by atoms with Crippen molar-refractivity contribution in [1.29, 1.82) is 0 Å². The highest BCUT2D eigenvalue weighted by Gasteiger charge is 2.19. The highest BCUT2D eigenvalue weighted by Crippen LogP contribution is 2.46. The van der Waals surface area contributed by atoms with Crippen molar-refractivity contribution < 1.29 is 0 Å². The van der Waals surface area contributed by atoms with Crippen molar-refractivity contribution in [3.05, 3.63) is 152 Å². The van der Waals surface area contributed by atoms with Crippen LogP contribution in [-0.2, 0) is 0 Å². The summed E-state index contributed by atoms with van der Waals surface area (Å²) < 4.78 is 5.29. The van der Waals surface area contributed by atoms with Gasteiger partial charge in [0.05, 0.1) is 5.69 Å². The van der Waals surface area contributed by atoms with Crippen LogP contribution in [0.3, 0.4) is 0 Å². The lowest BCUT2D eigenvalue weighted by atomic mass is 10.0. The molecule has 0 radical (unpaired) electrons. The minimum Gasteiger partial charge on any atom is -0.310 e. The molecule has 0 aliphatic heterocycles. The topological polar surface area (TPSA) is 3.24 Å². The van der Waals surface area contributed by atoms with Crippen molar-refractivity contribution in [1.82, 2.24) is 0 Å². The van der Waals surface area contributed by atoms with E-state index in [1.54, 1.807) is 0 Å². The molecule has 0 saturated heterocycles. The van der Waals surface area contributed by atoms with Gasteiger partial charge in [0.2, 0.25) is 0 Å². The summed E-state index contributed by atoms with van der Waals surface area (Å²) in [7, 11) is 0. The van der Waals surface area contributed by atoms with E-state index < -0.39 is 0 Å². The Morgan fingerprint density at radius 2 is 1.02 bits per heavy atom. The molecule has 0 amide bonds. The molecule has 9 rings (SSSR count). The first kappa shape index (κ1) is 24.6. The zero-order valence-electron chi connectivity index (χ0n) is 23.2. The van der Waals surface area contributed by atoms with Gasteiger partial charge in [0.1, 0.15) is 0 Å². The highest BCUT2D eigenvalue weighted by atomic mass is 32.1. The Balaban J connectivity index is 1.28. The molecular weight excluding hydrogens is 559 g/mol. The van der Waals surface area contributed by atoms with Gasteiger partial charge < -0.3 is 4.90 Å². The summed E-state index contributed by atoms with van der Waals surface area (Å²) in [5, 5.41) is 7.78. The van der Waals surface area contributed by atoms with Gasteiger partial charge in [-0.2, -0.15) is 0 Å². The van der Waals surface area contributed by atoms with E-state index in [2.05, 4.69) is 157 Å². The zero-order valence-corrected chi connectivity index (χ0v) is 24.8. The van der Waals surface area contributed by atoms with E-state index in [0.29, 0.717) is 0 Å². The Morgan fingerprint density at radius 3 is 1.86 bits per heavy atom. The van der Waals surface area contributed by atoms with Gasteiger partial charge in [-0.15, -0.1) is 22.7 Å². The first-order valence-corrected chi connectivity index (χ1v) is 16.1. The molecule has 0 atom stereocenters. The second kappa shape index (κ2) is 9.81. The van der Waals surface area contributed by atoms with Crippen LogP contribution in [0.25, 0.3) is 62.2 Å². The SMILES string of the molecule is c1ccc(-c2ccc(N(c3ccc4cc5sc6ccccc6c5cc4c3)c3cccc4sc5ccccc5c34)cc2)cc1. The van der Waals surface area contributed by atoms with E-state index in [0.717, 1.165) is 11.4 Å². The molecule has 0 unspecified atom stereocenters. The average molecular weight is 584 g/mol. The van der Waals surface area contributed by atoms with Crippen LogP contribution in [0.2, 0.25) is 0 Å². The largest absolute Gasteiger partial charge is 0.310 e. The third-order valence-corrected chi connectivity index (χ3v) is 10.7. The molecule has 0 bridgehead atoms. The molecule has 2 aromatic heterocycles. The first-order valence-electron chi connectivity index (χ1n) is 14.5. The Hall–Kier alpha value is -4.96. The lowest BCUT2D eigenvalue weighted by molar-refractivity contribution is 1.31. The van der Waals surface area contributed by atoms with Crippen molar-refractivity contribution in [3.63, 3.8) is 0 Å². The van der Waals surface area contributed by atoms with Crippen molar-refractivity contribution >= 4 is 90.9 Å². The van der Waals surface area contributed by atoms with E-state index >= 15 is 0 Å². The molecule has 0 spiro atoms.